The third-order valence-electron chi connectivity index (χ3n) is 1.66. The molecule has 1 rings (SSSR count). The summed E-state index contributed by atoms with van der Waals surface area (Å²) in [5.74, 6) is 1.02. The zero-order valence-electron chi connectivity index (χ0n) is 8.41. The van der Waals surface area contributed by atoms with Crippen LogP contribution in [0.5, 0.6) is 5.75 Å². The number of hydrogen-bond acceptors (Lipinski definition) is 2. The van der Waals surface area contributed by atoms with Crippen LogP contribution >= 0.6 is 0 Å². The van der Waals surface area contributed by atoms with Gasteiger partial charge < -0.3 is 10.1 Å². The van der Waals surface area contributed by atoms with E-state index in [-0.39, 0.29) is 51.4 Å². The maximum absolute atomic E-state index is 9.96. The summed E-state index contributed by atoms with van der Waals surface area (Å²) in [6.45, 7) is 4.33. The van der Waals surface area contributed by atoms with Crippen LogP contribution in [-0.4, -0.2) is 0 Å². The van der Waals surface area contributed by atoms with E-state index in [9.17, 15) is 5.26 Å². The first-order valence-corrected chi connectivity index (χ1v) is 4.11. The van der Waals surface area contributed by atoms with E-state index in [0.29, 0.717) is 11.7 Å². The fourth-order valence-corrected chi connectivity index (χ4v) is 1.15. The fourth-order valence-electron chi connectivity index (χ4n) is 1.15. The van der Waals surface area contributed by atoms with E-state index in [4.69, 9.17) is 0 Å². The minimum absolute atomic E-state index is 0. The van der Waals surface area contributed by atoms with Crippen LogP contribution in [0.4, 0.5) is 0 Å². The topological polar surface area (TPSA) is 32.3 Å². The van der Waals surface area contributed by atoms with Crippen LogP contribution < -0.4 is 61.5 Å². The molecule has 0 N–H and O–H groups in total. The molecule has 2 nitrogen and oxygen atoms in total. The van der Waals surface area contributed by atoms with Crippen LogP contribution in [0.2, 0.25) is 0 Å². The van der Waals surface area contributed by atoms with Crippen molar-refractivity contribution in [3.8, 4) is 5.75 Å². The Balaban J connectivity index is 0.00000144. The Labute approximate surface area is 122 Å². The van der Waals surface area contributed by atoms with Crippen LogP contribution in [0, 0.1) is 5.92 Å². The van der Waals surface area contributed by atoms with Gasteiger partial charge in [0.2, 0.25) is 0 Å². The van der Waals surface area contributed by atoms with Gasteiger partial charge in [-0.2, -0.15) is 0 Å². The molecule has 0 heterocycles. The Kier molecular flexibility index (Phi) is 7.31. The largest absolute Gasteiger partial charge is 1.00 e. The van der Waals surface area contributed by atoms with E-state index in [2.05, 4.69) is 18.7 Å². The predicted molar refractivity (Wildman–Crippen MR) is 45.6 cm³/mol. The van der Waals surface area contributed by atoms with Gasteiger partial charge in [0.1, 0.15) is 5.75 Å². The third-order valence-corrected chi connectivity index (χ3v) is 1.66. The smallest absolute Gasteiger partial charge is 0.664 e. The number of hydrogen-bond donors (Lipinski definition) is 0. The SMILES string of the molecule is CC(C)Cc1ccc(O[O-])cc1.[K+]. The molecule has 1 aromatic rings. The monoisotopic (exact) mass is 204 g/mol. The Bertz CT molecular complexity index is 231. The van der Waals surface area contributed by atoms with Gasteiger partial charge in [0.05, 0.1) is 0 Å². The van der Waals surface area contributed by atoms with Gasteiger partial charge in [-0.25, -0.2) is 0 Å². The summed E-state index contributed by atoms with van der Waals surface area (Å²) in [6, 6.07) is 7.25. The van der Waals surface area contributed by atoms with Gasteiger partial charge in [-0.3, -0.25) is 0 Å². The van der Waals surface area contributed by atoms with E-state index in [1.807, 2.05) is 12.1 Å². The van der Waals surface area contributed by atoms with Crippen molar-refractivity contribution in [3.63, 3.8) is 0 Å². The first-order chi connectivity index (χ1) is 5.72. The third kappa shape index (κ3) is 5.15. The van der Waals surface area contributed by atoms with E-state index >= 15 is 0 Å². The zero-order chi connectivity index (χ0) is 8.97. The van der Waals surface area contributed by atoms with Crippen molar-refractivity contribution >= 4 is 0 Å². The van der Waals surface area contributed by atoms with Gasteiger partial charge in [-0.05, 0) is 30.0 Å². The number of benzene rings is 1. The molecule has 0 bridgehead atoms. The molecule has 0 aliphatic heterocycles. The molecule has 0 aliphatic carbocycles. The molecule has 0 atom stereocenters. The van der Waals surface area contributed by atoms with Gasteiger partial charge in [0.15, 0.2) is 0 Å². The summed E-state index contributed by atoms with van der Waals surface area (Å²) in [7, 11) is 0. The minimum atomic E-state index is 0. The molecule has 0 spiro atoms. The van der Waals surface area contributed by atoms with Crippen molar-refractivity contribution in [1.82, 2.24) is 0 Å². The van der Waals surface area contributed by atoms with Crippen molar-refractivity contribution in [1.29, 1.82) is 0 Å². The first kappa shape index (κ1) is 13.6. The van der Waals surface area contributed by atoms with Crippen molar-refractivity contribution in [3.05, 3.63) is 29.8 Å². The quantitative estimate of drug-likeness (QED) is 0.342. The second-order valence-electron chi connectivity index (χ2n) is 3.33. The maximum atomic E-state index is 9.96. The molecule has 0 aliphatic rings. The molecular weight excluding hydrogens is 191 g/mol. The van der Waals surface area contributed by atoms with Crippen LogP contribution in [0.25, 0.3) is 0 Å². The normalized spacial score (nSPS) is 9.54. The van der Waals surface area contributed by atoms with Crippen LogP contribution in [0.1, 0.15) is 19.4 Å². The standard InChI is InChI=1S/C10H14O2.K/c1-8(2)7-9-3-5-10(12-11)6-4-9;/h3-6,8,11H,7H2,1-2H3;/q;+1/p-1. The van der Waals surface area contributed by atoms with Crippen LogP contribution in [0.3, 0.4) is 0 Å². The molecule has 0 saturated heterocycles. The molecule has 0 fully saturated rings. The van der Waals surface area contributed by atoms with Gasteiger partial charge >= 0.3 is 51.4 Å². The van der Waals surface area contributed by atoms with Gasteiger partial charge in [-0.1, -0.05) is 26.0 Å². The molecule has 0 saturated carbocycles. The summed E-state index contributed by atoms with van der Waals surface area (Å²) >= 11 is 0. The van der Waals surface area contributed by atoms with Crippen LogP contribution in [0.15, 0.2) is 24.3 Å². The fraction of sp³-hybridized carbons (Fsp3) is 0.400. The van der Waals surface area contributed by atoms with Crippen molar-refractivity contribution < 1.29 is 61.5 Å². The van der Waals surface area contributed by atoms with Crippen LogP contribution in [-0.2, 0) is 6.42 Å². The van der Waals surface area contributed by atoms with E-state index in [0.717, 1.165) is 6.42 Å². The van der Waals surface area contributed by atoms with Gasteiger partial charge in [0, 0.05) is 0 Å². The molecule has 0 unspecified atom stereocenters. The molecule has 1 aromatic carbocycles. The maximum Gasteiger partial charge on any atom is 1.00 e. The minimum Gasteiger partial charge on any atom is -0.664 e. The zero-order valence-corrected chi connectivity index (χ0v) is 11.5. The van der Waals surface area contributed by atoms with Crippen molar-refractivity contribution in [2.45, 2.75) is 20.3 Å². The Morgan fingerprint density at radius 2 is 1.77 bits per heavy atom. The van der Waals surface area contributed by atoms with Crippen molar-refractivity contribution in [2.24, 2.45) is 5.92 Å². The first-order valence-electron chi connectivity index (χ1n) is 4.11. The average Bonchev–Trinajstić information content (AvgIpc) is 2.05. The summed E-state index contributed by atoms with van der Waals surface area (Å²) in [5, 5.41) is 9.96. The second kappa shape index (κ2) is 6.98. The van der Waals surface area contributed by atoms with Gasteiger partial charge in [-0.15, -0.1) is 0 Å². The molecule has 13 heavy (non-hydrogen) atoms. The van der Waals surface area contributed by atoms with Gasteiger partial charge in [0.25, 0.3) is 0 Å². The Morgan fingerprint density at radius 1 is 1.23 bits per heavy atom. The van der Waals surface area contributed by atoms with Crippen molar-refractivity contribution in [2.75, 3.05) is 0 Å². The summed E-state index contributed by atoms with van der Waals surface area (Å²) in [5.41, 5.74) is 1.24. The summed E-state index contributed by atoms with van der Waals surface area (Å²) in [4.78, 5) is 3.82. The molecule has 3 heteroatoms. The molecular formula is C10H13KO2. The number of rotatable bonds is 3. The summed E-state index contributed by atoms with van der Waals surface area (Å²) in [6.07, 6.45) is 1.04. The molecule has 0 aromatic heterocycles. The predicted octanol–water partition coefficient (Wildman–Crippen LogP) is -1.46. The Hall–Kier alpha value is 0.616. The molecule has 66 valence electrons. The molecule has 0 amide bonds. The van der Waals surface area contributed by atoms with E-state index in [1.165, 1.54) is 5.56 Å². The second-order valence-corrected chi connectivity index (χ2v) is 3.33. The Morgan fingerprint density at radius 3 is 2.15 bits per heavy atom. The summed E-state index contributed by atoms with van der Waals surface area (Å²) < 4.78 is 0. The van der Waals surface area contributed by atoms with E-state index < -0.39 is 0 Å². The molecule has 0 radical (unpaired) electrons. The average molecular weight is 204 g/mol. The van der Waals surface area contributed by atoms with E-state index in [1.54, 1.807) is 12.1 Å².